The zero-order chi connectivity index (χ0) is 6.69. The molecule has 0 spiro atoms. The van der Waals surface area contributed by atoms with E-state index in [4.69, 9.17) is 0 Å². The zero-order valence-electron chi connectivity index (χ0n) is 5.63. The van der Waals surface area contributed by atoms with Gasteiger partial charge in [-0.25, -0.2) is 0 Å². The second kappa shape index (κ2) is 2.67. The highest BCUT2D eigenvalue weighted by Crippen LogP contribution is 2.00. The molecule has 1 aliphatic heterocycles. The van der Waals surface area contributed by atoms with Crippen molar-refractivity contribution in [3.63, 3.8) is 0 Å². The first-order valence-corrected chi connectivity index (χ1v) is 3.27. The molecule has 50 valence electrons. The molecular weight excluding hydrogens is 114 g/mol. The lowest BCUT2D eigenvalue weighted by atomic mass is 10.4. The van der Waals surface area contributed by atoms with E-state index in [0.717, 1.165) is 13.1 Å². The lowest BCUT2D eigenvalue weighted by molar-refractivity contribution is -0.129. The number of nitrogens with zero attached hydrogens (tertiary/aromatic N) is 1. The van der Waals surface area contributed by atoms with Gasteiger partial charge in [0.2, 0.25) is 5.91 Å². The first-order chi connectivity index (χ1) is 4.34. The van der Waals surface area contributed by atoms with E-state index >= 15 is 0 Å². The Morgan fingerprint density at radius 3 is 2.56 bits per heavy atom. The maximum atomic E-state index is 10.9. The molecule has 0 saturated heterocycles. The molecular formula is C7H11NO. The second-order valence-electron chi connectivity index (χ2n) is 2.12. The van der Waals surface area contributed by atoms with E-state index in [1.54, 1.807) is 0 Å². The van der Waals surface area contributed by atoms with Crippen LogP contribution in [0.25, 0.3) is 0 Å². The summed E-state index contributed by atoms with van der Waals surface area (Å²) < 4.78 is 0. The first kappa shape index (κ1) is 6.33. The number of hydrogen-bond donors (Lipinski definition) is 0. The van der Waals surface area contributed by atoms with E-state index in [1.807, 2.05) is 24.0 Å². The van der Waals surface area contributed by atoms with E-state index in [-0.39, 0.29) is 5.91 Å². The van der Waals surface area contributed by atoms with Crippen LogP contribution in [0.15, 0.2) is 12.2 Å². The van der Waals surface area contributed by atoms with Gasteiger partial charge in [-0.05, 0) is 0 Å². The molecule has 0 aliphatic carbocycles. The SMILES string of the molecule is CCC(=O)N1CC=CC1. The van der Waals surface area contributed by atoms with Crippen LogP contribution in [0.4, 0.5) is 0 Å². The predicted octanol–water partition coefficient (Wildman–Crippen LogP) is 0.795. The Bertz CT molecular complexity index is 132. The van der Waals surface area contributed by atoms with Gasteiger partial charge in [-0.3, -0.25) is 4.79 Å². The highest BCUT2D eigenvalue weighted by atomic mass is 16.2. The van der Waals surface area contributed by atoms with Crippen LogP contribution in [-0.4, -0.2) is 23.9 Å². The van der Waals surface area contributed by atoms with Crippen molar-refractivity contribution in [2.75, 3.05) is 13.1 Å². The molecule has 0 aromatic rings. The van der Waals surface area contributed by atoms with Crippen molar-refractivity contribution >= 4 is 5.91 Å². The number of carbonyl (C=O) groups is 1. The molecule has 2 nitrogen and oxygen atoms in total. The number of carbonyl (C=O) groups excluding carboxylic acids is 1. The standard InChI is InChI=1S/C7H11NO/c1-2-7(9)8-5-3-4-6-8/h3-4H,2,5-6H2,1H3. The second-order valence-corrected chi connectivity index (χ2v) is 2.12. The first-order valence-electron chi connectivity index (χ1n) is 3.27. The fourth-order valence-corrected chi connectivity index (χ4v) is 0.905. The summed E-state index contributed by atoms with van der Waals surface area (Å²) in [7, 11) is 0. The van der Waals surface area contributed by atoms with Crippen LogP contribution in [-0.2, 0) is 4.79 Å². The van der Waals surface area contributed by atoms with Gasteiger partial charge < -0.3 is 4.90 Å². The number of hydrogen-bond acceptors (Lipinski definition) is 1. The third kappa shape index (κ3) is 1.31. The summed E-state index contributed by atoms with van der Waals surface area (Å²) in [6.45, 7) is 3.51. The van der Waals surface area contributed by atoms with Gasteiger partial charge in [0.1, 0.15) is 0 Å². The van der Waals surface area contributed by atoms with Crippen LogP contribution in [0.5, 0.6) is 0 Å². The predicted molar refractivity (Wildman–Crippen MR) is 36.0 cm³/mol. The average Bonchev–Trinajstić information content (AvgIpc) is 2.37. The van der Waals surface area contributed by atoms with E-state index in [2.05, 4.69) is 0 Å². The van der Waals surface area contributed by atoms with E-state index < -0.39 is 0 Å². The Balaban J connectivity index is 2.36. The molecule has 1 heterocycles. The molecule has 0 bridgehead atoms. The minimum Gasteiger partial charge on any atom is -0.335 e. The van der Waals surface area contributed by atoms with E-state index in [0.29, 0.717) is 6.42 Å². The molecule has 0 radical (unpaired) electrons. The van der Waals surface area contributed by atoms with Crippen LogP contribution in [0.2, 0.25) is 0 Å². The van der Waals surface area contributed by atoms with Crippen molar-refractivity contribution in [3.8, 4) is 0 Å². The maximum absolute atomic E-state index is 10.9. The van der Waals surface area contributed by atoms with Crippen LogP contribution in [0.3, 0.4) is 0 Å². The summed E-state index contributed by atoms with van der Waals surface area (Å²) in [5.74, 6) is 0.250. The molecule has 0 saturated carbocycles. The lowest BCUT2D eigenvalue weighted by Crippen LogP contribution is -2.27. The molecule has 1 aliphatic rings. The van der Waals surface area contributed by atoms with Crippen LogP contribution in [0.1, 0.15) is 13.3 Å². The largest absolute Gasteiger partial charge is 0.335 e. The smallest absolute Gasteiger partial charge is 0.222 e. The summed E-state index contributed by atoms with van der Waals surface area (Å²) in [4.78, 5) is 12.7. The van der Waals surface area contributed by atoms with Gasteiger partial charge in [0, 0.05) is 19.5 Å². The fraction of sp³-hybridized carbons (Fsp3) is 0.571. The van der Waals surface area contributed by atoms with Crippen LogP contribution in [0, 0.1) is 0 Å². The van der Waals surface area contributed by atoms with Gasteiger partial charge in [-0.2, -0.15) is 0 Å². The Labute approximate surface area is 55.2 Å². The van der Waals surface area contributed by atoms with E-state index in [9.17, 15) is 4.79 Å². The number of rotatable bonds is 1. The summed E-state index contributed by atoms with van der Waals surface area (Å²) in [6, 6.07) is 0. The molecule has 2 heteroatoms. The summed E-state index contributed by atoms with van der Waals surface area (Å²) in [5, 5.41) is 0. The molecule has 0 atom stereocenters. The van der Waals surface area contributed by atoms with Crippen LogP contribution >= 0.6 is 0 Å². The topological polar surface area (TPSA) is 20.3 Å². The Kier molecular flexibility index (Phi) is 1.88. The Hall–Kier alpha value is -0.790. The monoisotopic (exact) mass is 125 g/mol. The van der Waals surface area contributed by atoms with Gasteiger partial charge >= 0.3 is 0 Å². The van der Waals surface area contributed by atoms with Gasteiger partial charge in [0.05, 0.1) is 0 Å². The van der Waals surface area contributed by atoms with Gasteiger partial charge in [0.25, 0.3) is 0 Å². The molecule has 0 N–H and O–H groups in total. The quantitative estimate of drug-likeness (QED) is 0.474. The van der Waals surface area contributed by atoms with Crippen molar-refractivity contribution in [2.24, 2.45) is 0 Å². The van der Waals surface area contributed by atoms with Crippen molar-refractivity contribution in [1.29, 1.82) is 0 Å². The Morgan fingerprint density at radius 2 is 2.11 bits per heavy atom. The molecule has 1 amide bonds. The van der Waals surface area contributed by atoms with Crippen LogP contribution < -0.4 is 0 Å². The van der Waals surface area contributed by atoms with E-state index in [1.165, 1.54) is 0 Å². The molecule has 1 rings (SSSR count). The van der Waals surface area contributed by atoms with Gasteiger partial charge in [0.15, 0.2) is 0 Å². The fourth-order valence-electron chi connectivity index (χ4n) is 0.905. The molecule has 0 aromatic carbocycles. The maximum Gasteiger partial charge on any atom is 0.222 e. The average molecular weight is 125 g/mol. The molecule has 0 fully saturated rings. The normalized spacial score (nSPS) is 16.8. The van der Waals surface area contributed by atoms with Crippen molar-refractivity contribution in [1.82, 2.24) is 4.90 Å². The summed E-state index contributed by atoms with van der Waals surface area (Å²) in [6.07, 6.45) is 4.67. The minimum absolute atomic E-state index is 0.250. The van der Waals surface area contributed by atoms with Crippen molar-refractivity contribution < 1.29 is 4.79 Å². The summed E-state index contributed by atoms with van der Waals surface area (Å²) >= 11 is 0. The van der Waals surface area contributed by atoms with Crippen molar-refractivity contribution in [3.05, 3.63) is 12.2 Å². The molecule has 0 unspecified atom stereocenters. The van der Waals surface area contributed by atoms with Crippen molar-refractivity contribution in [2.45, 2.75) is 13.3 Å². The molecule has 0 aromatic heterocycles. The third-order valence-corrected chi connectivity index (χ3v) is 1.47. The zero-order valence-corrected chi connectivity index (χ0v) is 5.63. The lowest BCUT2D eigenvalue weighted by Gasteiger charge is -2.12. The third-order valence-electron chi connectivity index (χ3n) is 1.47. The Morgan fingerprint density at radius 1 is 1.56 bits per heavy atom. The number of amides is 1. The summed E-state index contributed by atoms with van der Waals surface area (Å²) in [5.41, 5.74) is 0. The highest BCUT2D eigenvalue weighted by Gasteiger charge is 2.10. The highest BCUT2D eigenvalue weighted by molar-refractivity contribution is 5.76. The molecule has 9 heavy (non-hydrogen) atoms. The van der Waals surface area contributed by atoms with Gasteiger partial charge in [-0.15, -0.1) is 0 Å². The van der Waals surface area contributed by atoms with Gasteiger partial charge in [-0.1, -0.05) is 19.1 Å². The minimum atomic E-state index is 0.250.